The third kappa shape index (κ3) is 1.51. The van der Waals surface area contributed by atoms with Crippen LogP contribution in [0.1, 0.15) is 5.56 Å². The van der Waals surface area contributed by atoms with Gasteiger partial charge in [0.05, 0.1) is 15.0 Å². The van der Waals surface area contributed by atoms with Crippen LogP contribution in [0.2, 0.25) is 5.02 Å². The third-order valence-corrected chi connectivity index (χ3v) is 3.11. The molecule has 0 fully saturated rings. The van der Waals surface area contributed by atoms with E-state index in [0.717, 1.165) is 10.9 Å². The van der Waals surface area contributed by atoms with E-state index in [1.165, 1.54) is 12.3 Å². The normalized spacial score (nSPS) is 10.9. The summed E-state index contributed by atoms with van der Waals surface area (Å²) in [4.78, 5) is 4.05. The van der Waals surface area contributed by atoms with E-state index in [4.69, 9.17) is 11.6 Å². The summed E-state index contributed by atoms with van der Waals surface area (Å²) in [5.74, 6) is -0.313. The number of fused-ring (bicyclic) bond motifs is 1. The van der Waals surface area contributed by atoms with Crippen LogP contribution in [-0.2, 0) is 0 Å². The molecule has 14 heavy (non-hydrogen) atoms. The van der Waals surface area contributed by atoms with E-state index in [9.17, 15) is 4.39 Å². The summed E-state index contributed by atoms with van der Waals surface area (Å²) in [5.41, 5.74) is 1.53. The zero-order chi connectivity index (χ0) is 10.3. The van der Waals surface area contributed by atoms with Gasteiger partial charge in [-0.05, 0) is 34.5 Å². The molecule has 0 saturated heterocycles. The monoisotopic (exact) mass is 273 g/mol. The standard InChI is InChI=1S/C10H6BrClFN/c1-5-6-2-7(11)9(13)3-10(6)14-4-8(5)12/h2-4H,1H3. The Morgan fingerprint density at radius 1 is 1.43 bits per heavy atom. The van der Waals surface area contributed by atoms with Gasteiger partial charge in [0.15, 0.2) is 0 Å². The molecule has 1 aromatic heterocycles. The summed E-state index contributed by atoms with van der Waals surface area (Å²) in [6.45, 7) is 1.89. The zero-order valence-electron chi connectivity index (χ0n) is 7.31. The van der Waals surface area contributed by atoms with Crippen LogP contribution in [0.5, 0.6) is 0 Å². The Morgan fingerprint density at radius 2 is 2.14 bits per heavy atom. The lowest BCUT2D eigenvalue weighted by molar-refractivity contribution is 0.623. The van der Waals surface area contributed by atoms with Gasteiger partial charge in [-0.1, -0.05) is 11.6 Å². The van der Waals surface area contributed by atoms with Crippen molar-refractivity contribution < 1.29 is 4.39 Å². The van der Waals surface area contributed by atoms with Crippen molar-refractivity contribution in [2.24, 2.45) is 0 Å². The smallest absolute Gasteiger partial charge is 0.139 e. The highest BCUT2D eigenvalue weighted by molar-refractivity contribution is 9.10. The maximum absolute atomic E-state index is 13.2. The van der Waals surface area contributed by atoms with Crippen LogP contribution >= 0.6 is 27.5 Å². The highest BCUT2D eigenvalue weighted by atomic mass is 79.9. The molecule has 1 nitrogen and oxygen atoms in total. The molecule has 0 unspecified atom stereocenters. The van der Waals surface area contributed by atoms with Crippen molar-refractivity contribution in [2.45, 2.75) is 6.92 Å². The van der Waals surface area contributed by atoms with Crippen molar-refractivity contribution in [3.8, 4) is 0 Å². The first kappa shape index (κ1) is 9.87. The van der Waals surface area contributed by atoms with Gasteiger partial charge in [-0.3, -0.25) is 4.98 Å². The summed E-state index contributed by atoms with van der Waals surface area (Å²) in [6.07, 6.45) is 1.53. The Kier molecular flexibility index (Phi) is 2.45. The molecule has 0 aliphatic heterocycles. The lowest BCUT2D eigenvalue weighted by Gasteiger charge is -2.04. The highest BCUT2D eigenvalue weighted by Gasteiger charge is 2.07. The molecule has 72 valence electrons. The first-order valence-electron chi connectivity index (χ1n) is 3.99. The van der Waals surface area contributed by atoms with E-state index in [2.05, 4.69) is 20.9 Å². The minimum Gasteiger partial charge on any atom is -0.255 e. The summed E-state index contributed by atoms with van der Waals surface area (Å²) >= 11 is 9.04. The molecule has 0 aliphatic carbocycles. The molecule has 0 N–H and O–H groups in total. The average molecular weight is 275 g/mol. The van der Waals surface area contributed by atoms with Gasteiger partial charge in [0.25, 0.3) is 0 Å². The predicted molar refractivity (Wildman–Crippen MR) is 59.1 cm³/mol. The van der Waals surface area contributed by atoms with E-state index in [1.54, 1.807) is 6.07 Å². The molecule has 4 heteroatoms. The first-order chi connectivity index (χ1) is 6.59. The van der Waals surface area contributed by atoms with Crippen molar-refractivity contribution in [1.29, 1.82) is 0 Å². The van der Waals surface area contributed by atoms with Gasteiger partial charge in [-0.2, -0.15) is 0 Å². The second kappa shape index (κ2) is 3.48. The molecular weight excluding hydrogens is 268 g/mol. The number of benzene rings is 1. The second-order valence-corrected chi connectivity index (χ2v) is 4.28. The van der Waals surface area contributed by atoms with Crippen molar-refractivity contribution in [1.82, 2.24) is 4.98 Å². The average Bonchev–Trinajstić information content (AvgIpc) is 2.15. The van der Waals surface area contributed by atoms with E-state index < -0.39 is 0 Å². The van der Waals surface area contributed by atoms with Gasteiger partial charge in [-0.15, -0.1) is 0 Å². The Morgan fingerprint density at radius 3 is 2.86 bits per heavy atom. The van der Waals surface area contributed by atoms with Crippen LogP contribution < -0.4 is 0 Å². The number of halogens is 3. The lowest BCUT2D eigenvalue weighted by atomic mass is 10.1. The van der Waals surface area contributed by atoms with E-state index in [1.807, 2.05) is 6.92 Å². The lowest BCUT2D eigenvalue weighted by Crippen LogP contribution is -1.87. The van der Waals surface area contributed by atoms with Crippen LogP contribution in [0.15, 0.2) is 22.8 Å². The Labute approximate surface area is 94.0 Å². The molecular formula is C10H6BrClFN. The molecule has 0 spiro atoms. The number of pyridine rings is 1. The summed E-state index contributed by atoms with van der Waals surface area (Å²) < 4.78 is 13.6. The van der Waals surface area contributed by atoms with Crippen LogP contribution in [0.3, 0.4) is 0 Å². The van der Waals surface area contributed by atoms with Crippen LogP contribution in [-0.4, -0.2) is 4.98 Å². The van der Waals surface area contributed by atoms with Crippen LogP contribution in [0, 0.1) is 12.7 Å². The van der Waals surface area contributed by atoms with Crippen molar-refractivity contribution in [3.05, 3.63) is 39.2 Å². The minimum atomic E-state index is -0.313. The third-order valence-electron chi connectivity index (χ3n) is 2.12. The number of nitrogens with zero attached hydrogens (tertiary/aromatic N) is 1. The van der Waals surface area contributed by atoms with Gasteiger partial charge in [0, 0.05) is 17.6 Å². The quantitative estimate of drug-likeness (QED) is 0.705. The van der Waals surface area contributed by atoms with E-state index in [-0.39, 0.29) is 5.82 Å². The van der Waals surface area contributed by atoms with Gasteiger partial charge < -0.3 is 0 Å². The molecule has 0 saturated carbocycles. The van der Waals surface area contributed by atoms with Gasteiger partial charge >= 0.3 is 0 Å². The van der Waals surface area contributed by atoms with Crippen molar-refractivity contribution in [3.63, 3.8) is 0 Å². The largest absolute Gasteiger partial charge is 0.255 e. The van der Waals surface area contributed by atoms with Crippen LogP contribution in [0.25, 0.3) is 10.9 Å². The van der Waals surface area contributed by atoms with Crippen molar-refractivity contribution in [2.75, 3.05) is 0 Å². The number of hydrogen-bond acceptors (Lipinski definition) is 1. The molecule has 0 amide bonds. The fraction of sp³-hybridized carbons (Fsp3) is 0.100. The van der Waals surface area contributed by atoms with Gasteiger partial charge in [0.1, 0.15) is 5.82 Å². The minimum absolute atomic E-state index is 0.313. The summed E-state index contributed by atoms with van der Waals surface area (Å²) in [6, 6.07) is 3.08. The fourth-order valence-electron chi connectivity index (χ4n) is 1.30. The number of aromatic nitrogens is 1. The number of hydrogen-bond donors (Lipinski definition) is 0. The second-order valence-electron chi connectivity index (χ2n) is 3.01. The molecule has 0 radical (unpaired) electrons. The topological polar surface area (TPSA) is 12.9 Å². The first-order valence-corrected chi connectivity index (χ1v) is 5.16. The van der Waals surface area contributed by atoms with Gasteiger partial charge in [-0.25, -0.2) is 4.39 Å². The van der Waals surface area contributed by atoms with E-state index >= 15 is 0 Å². The molecule has 0 bridgehead atoms. The predicted octanol–water partition coefficient (Wildman–Crippen LogP) is 4.10. The summed E-state index contributed by atoms with van der Waals surface area (Å²) in [5, 5.41) is 1.46. The zero-order valence-corrected chi connectivity index (χ0v) is 9.66. The van der Waals surface area contributed by atoms with E-state index in [0.29, 0.717) is 15.0 Å². The fourth-order valence-corrected chi connectivity index (χ4v) is 1.79. The molecule has 2 rings (SSSR count). The highest BCUT2D eigenvalue weighted by Crippen LogP contribution is 2.27. The molecule has 1 aromatic carbocycles. The summed E-state index contributed by atoms with van der Waals surface area (Å²) in [7, 11) is 0. The Bertz CT molecular complexity index is 513. The van der Waals surface area contributed by atoms with Crippen molar-refractivity contribution >= 4 is 38.4 Å². The maximum Gasteiger partial charge on any atom is 0.139 e. The Hall–Kier alpha value is -0.670. The Balaban J connectivity index is 2.89. The molecule has 1 heterocycles. The molecule has 0 aliphatic rings. The number of rotatable bonds is 0. The molecule has 0 atom stereocenters. The molecule has 2 aromatic rings. The number of aryl methyl sites for hydroxylation is 1. The SMILES string of the molecule is Cc1c(Cl)cnc2cc(F)c(Br)cc12. The van der Waals surface area contributed by atoms with Gasteiger partial charge in [0.2, 0.25) is 0 Å². The van der Waals surface area contributed by atoms with Crippen LogP contribution in [0.4, 0.5) is 4.39 Å². The maximum atomic E-state index is 13.2.